The van der Waals surface area contributed by atoms with Gasteiger partial charge in [-0.1, -0.05) is 60.7 Å². The molecule has 0 amide bonds. The molecule has 30 heavy (non-hydrogen) atoms. The van der Waals surface area contributed by atoms with Crippen molar-refractivity contribution in [2.24, 2.45) is 0 Å². The van der Waals surface area contributed by atoms with Crippen LogP contribution in [0.2, 0.25) is 0 Å². The van der Waals surface area contributed by atoms with Gasteiger partial charge < -0.3 is 4.42 Å². The molecular weight excluding hydrogens is 370 g/mol. The summed E-state index contributed by atoms with van der Waals surface area (Å²) in [4.78, 5) is 9.14. The molecule has 0 bridgehead atoms. The molecule has 0 fully saturated rings. The van der Waals surface area contributed by atoms with Gasteiger partial charge in [0.15, 0.2) is 0 Å². The first-order valence-electron chi connectivity index (χ1n) is 9.94. The largest absolute Gasteiger partial charge is 0.455 e. The van der Waals surface area contributed by atoms with Crippen LogP contribution in [0.4, 0.5) is 0 Å². The number of hydrogen-bond acceptors (Lipinski definition) is 3. The maximum absolute atomic E-state index is 6.48. The molecule has 0 aliphatic heterocycles. The van der Waals surface area contributed by atoms with Crippen LogP contribution in [0.1, 0.15) is 0 Å². The second-order valence-corrected chi connectivity index (χ2v) is 7.47. The zero-order valence-corrected chi connectivity index (χ0v) is 15.9. The molecule has 4 heteroatoms. The first kappa shape index (κ1) is 15.7. The molecule has 140 valence electrons. The molecule has 0 aliphatic carbocycles. The molecule has 0 saturated carbocycles. The van der Waals surface area contributed by atoms with Crippen LogP contribution >= 0.6 is 0 Å². The van der Waals surface area contributed by atoms with Gasteiger partial charge in [0.25, 0.3) is 0 Å². The lowest BCUT2D eigenvalue weighted by Gasteiger charge is -2.08. The molecule has 0 aliphatic rings. The lowest BCUT2D eigenvalue weighted by atomic mass is 9.99. The van der Waals surface area contributed by atoms with E-state index < -0.39 is 0 Å². The Balaban J connectivity index is 1.88. The smallest absolute Gasteiger partial charge is 0.234 e. The molecule has 7 rings (SSSR count). The molecule has 0 spiro atoms. The highest BCUT2D eigenvalue weighted by Crippen LogP contribution is 2.45. The van der Waals surface area contributed by atoms with Crippen molar-refractivity contribution in [2.45, 2.75) is 0 Å². The van der Waals surface area contributed by atoms with Gasteiger partial charge in [-0.2, -0.15) is 0 Å². The van der Waals surface area contributed by atoms with Crippen molar-refractivity contribution in [2.75, 3.05) is 0 Å². The molecule has 4 aromatic carbocycles. The second kappa shape index (κ2) is 5.67. The Morgan fingerprint density at radius 3 is 2.10 bits per heavy atom. The molecule has 0 saturated heterocycles. The van der Waals surface area contributed by atoms with E-state index in [0.29, 0.717) is 5.95 Å². The van der Waals surface area contributed by atoms with Crippen LogP contribution in [-0.4, -0.2) is 14.5 Å². The normalized spacial score (nSPS) is 12.0. The highest BCUT2D eigenvalue weighted by molar-refractivity contribution is 6.34. The predicted molar refractivity (Wildman–Crippen MR) is 121 cm³/mol. The van der Waals surface area contributed by atoms with Gasteiger partial charge in [-0.3, -0.25) is 4.57 Å². The minimum absolute atomic E-state index is 0.657. The summed E-state index contributed by atoms with van der Waals surface area (Å²) >= 11 is 0. The number of benzene rings is 4. The number of furan rings is 1. The van der Waals surface area contributed by atoms with Crippen LogP contribution in [0.15, 0.2) is 95.7 Å². The van der Waals surface area contributed by atoms with E-state index in [9.17, 15) is 0 Å². The van der Waals surface area contributed by atoms with Gasteiger partial charge in [-0.25, -0.2) is 9.97 Å². The van der Waals surface area contributed by atoms with Gasteiger partial charge >= 0.3 is 0 Å². The molecule has 0 N–H and O–H groups in total. The Labute approximate surface area is 171 Å². The topological polar surface area (TPSA) is 43.9 Å². The van der Waals surface area contributed by atoms with E-state index in [0.717, 1.165) is 49.1 Å². The number of aromatic nitrogens is 3. The summed E-state index contributed by atoms with van der Waals surface area (Å²) in [6, 6.07) is 27.0. The first-order chi connectivity index (χ1) is 14.9. The number of rotatable bonds is 1. The summed E-state index contributed by atoms with van der Waals surface area (Å²) < 4.78 is 8.63. The van der Waals surface area contributed by atoms with E-state index in [1.165, 1.54) is 5.39 Å². The average Bonchev–Trinajstić information content (AvgIpc) is 3.36. The van der Waals surface area contributed by atoms with Crippen LogP contribution < -0.4 is 0 Å². The Morgan fingerprint density at radius 1 is 0.600 bits per heavy atom. The monoisotopic (exact) mass is 385 g/mol. The molecule has 0 radical (unpaired) electrons. The number of hydrogen-bond donors (Lipinski definition) is 0. The van der Waals surface area contributed by atoms with E-state index in [1.807, 2.05) is 18.2 Å². The standard InChI is InChI=1S/C26H15N3O/c1-2-9-17-16(8-1)22-19-11-4-6-13-21(19)30-25(22)23-18-10-3-5-12-20(18)29(24(17)23)26-27-14-7-15-28-26/h1-15H. The summed E-state index contributed by atoms with van der Waals surface area (Å²) in [7, 11) is 0. The lowest BCUT2D eigenvalue weighted by molar-refractivity contribution is 0.673. The Hall–Kier alpha value is -4.18. The van der Waals surface area contributed by atoms with Crippen LogP contribution in [0.3, 0.4) is 0 Å². The maximum atomic E-state index is 6.48. The van der Waals surface area contributed by atoms with Crippen molar-refractivity contribution in [3.05, 3.63) is 91.3 Å². The summed E-state index contributed by atoms with van der Waals surface area (Å²) in [5.74, 6) is 0.657. The van der Waals surface area contributed by atoms with Crippen molar-refractivity contribution < 1.29 is 4.42 Å². The van der Waals surface area contributed by atoms with Gasteiger partial charge in [0.1, 0.15) is 11.2 Å². The van der Waals surface area contributed by atoms with Crippen LogP contribution in [0.25, 0.3) is 60.5 Å². The molecule has 3 heterocycles. The first-order valence-corrected chi connectivity index (χ1v) is 9.94. The summed E-state index contributed by atoms with van der Waals surface area (Å²) in [5, 5.41) is 6.86. The molecule has 4 nitrogen and oxygen atoms in total. The quantitative estimate of drug-likeness (QED) is 0.319. The van der Waals surface area contributed by atoms with Crippen molar-refractivity contribution >= 4 is 54.5 Å². The maximum Gasteiger partial charge on any atom is 0.234 e. The van der Waals surface area contributed by atoms with Crippen molar-refractivity contribution in [1.29, 1.82) is 0 Å². The zero-order chi connectivity index (χ0) is 19.7. The fourth-order valence-electron chi connectivity index (χ4n) is 4.74. The van der Waals surface area contributed by atoms with E-state index in [1.54, 1.807) is 12.4 Å². The Kier molecular flexibility index (Phi) is 2.97. The average molecular weight is 385 g/mol. The van der Waals surface area contributed by atoms with Gasteiger partial charge in [0.05, 0.1) is 16.4 Å². The highest BCUT2D eigenvalue weighted by atomic mass is 16.3. The van der Waals surface area contributed by atoms with Gasteiger partial charge in [0, 0.05) is 33.9 Å². The fourth-order valence-corrected chi connectivity index (χ4v) is 4.74. The van der Waals surface area contributed by atoms with E-state index in [-0.39, 0.29) is 0 Å². The van der Waals surface area contributed by atoms with Crippen LogP contribution in [0.5, 0.6) is 0 Å². The van der Waals surface area contributed by atoms with Crippen molar-refractivity contribution in [3.63, 3.8) is 0 Å². The predicted octanol–water partition coefficient (Wildman–Crippen LogP) is 6.63. The SMILES string of the molecule is c1cnc(-n2c3ccccc3c3c4oc5ccccc5c4c4ccccc4c32)nc1. The minimum atomic E-state index is 0.657. The molecule has 0 unspecified atom stereocenters. The highest BCUT2D eigenvalue weighted by Gasteiger charge is 2.22. The third-order valence-corrected chi connectivity index (χ3v) is 5.90. The summed E-state index contributed by atoms with van der Waals surface area (Å²) in [6.45, 7) is 0. The number of fused-ring (bicyclic) bond motifs is 10. The zero-order valence-electron chi connectivity index (χ0n) is 15.9. The Morgan fingerprint density at radius 2 is 1.27 bits per heavy atom. The van der Waals surface area contributed by atoms with E-state index in [4.69, 9.17) is 4.42 Å². The third kappa shape index (κ3) is 1.90. The fraction of sp³-hybridized carbons (Fsp3) is 0. The molecular formula is C26H15N3O. The van der Waals surface area contributed by atoms with E-state index in [2.05, 4.69) is 75.2 Å². The van der Waals surface area contributed by atoms with E-state index >= 15 is 0 Å². The van der Waals surface area contributed by atoms with Crippen molar-refractivity contribution in [3.8, 4) is 5.95 Å². The molecule has 7 aromatic rings. The number of para-hydroxylation sites is 2. The molecule has 3 aromatic heterocycles. The minimum Gasteiger partial charge on any atom is -0.455 e. The molecule has 0 atom stereocenters. The van der Waals surface area contributed by atoms with Crippen LogP contribution in [0, 0.1) is 0 Å². The second-order valence-electron chi connectivity index (χ2n) is 7.47. The van der Waals surface area contributed by atoms with Crippen molar-refractivity contribution in [1.82, 2.24) is 14.5 Å². The Bertz CT molecular complexity index is 1740. The lowest BCUT2D eigenvalue weighted by Crippen LogP contribution is -2.00. The summed E-state index contributed by atoms with van der Waals surface area (Å²) in [5.41, 5.74) is 3.95. The number of nitrogens with zero attached hydrogens (tertiary/aromatic N) is 3. The third-order valence-electron chi connectivity index (χ3n) is 5.90. The summed E-state index contributed by atoms with van der Waals surface area (Å²) in [6.07, 6.45) is 3.57. The van der Waals surface area contributed by atoms with Crippen LogP contribution in [-0.2, 0) is 0 Å². The van der Waals surface area contributed by atoms with Gasteiger partial charge in [0.2, 0.25) is 5.95 Å². The van der Waals surface area contributed by atoms with Gasteiger partial charge in [-0.15, -0.1) is 0 Å². The van der Waals surface area contributed by atoms with Gasteiger partial charge in [-0.05, 0) is 23.6 Å².